The van der Waals surface area contributed by atoms with Crippen LogP contribution in [0.1, 0.15) is 32.4 Å². The summed E-state index contributed by atoms with van der Waals surface area (Å²) >= 11 is 0. The number of imidazole rings is 1. The van der Waals surface area contributed by atoms with Crippen LogP contribution in [0.25, 0.3) is 11.2 Å². The van der Waals surface area contributed by atoms with Crippen LogP contribution in [0.5, 0.6) is 0 Å². The average molecular weight is 366 g/mol. The number of carbonyl (C=O) groups is 1. The van der Waals surface area contributed by atoms with Gasteiger partial charge in [-0.2, -0.15) is 4.98 Å². The molecule has 26 heavy (non-hydrogen) atoms. The van der Waals surface area contributed by atoms with Gasteiger partial charge in [0.25, 0.3) is 5.56 Å². The Morgan fingerprint density at radius 1 is 1.46 bits per heavy atom. The summed E-state index contributed by atoms with van der Waals surface area (Å²) in [4.78, 5) is 34.1. The van der Waals surface area contributed by atoms with Crippen molar-refractivity contribution in [1.82, 2.24) is 24.8 Å². The molecule has 0 bridgehead atoms. The van der Waals surface area contributed by atoms with Crippen molar-refractivity contribution in [3.05, 3.63) is 16.7 Å². The number of anilines is 1. The van der Waals surface area contributed by atoms with E-state index in [1.807, 2.05) is 6.92 Å². The maximum atomic E-state index is 11.9. The van der Waals surface area contributed by atoms with E-state index >= 15 is 0 Å². The summed E-state index contributed by atoms with van der Waals surface area (Å²) in [7, 11) is 0. The fraction of sp³-hybridized carbons (Fsp3) is 0.600. The predicted octanol–water partition coefficient (Wildman–Crippen LogP) is -1.37. The molecule has 2 aromatic heterocycles. The molecule has 3 rings (SSSR count). The van der Waals surface area contributed by atoms with Gasteiger partial charge in [0.1, 0.15) is 12.2 Å². The number of hydrogen-bond donors (Lipinski definition) is 5. The lowest BCUT2D eigenvalue weighted by molar-refractivity contribution is -0.125. The molecule has 0 radical (unpaired) electrons. The highest BCUT2D eigenvalue weighted by atomic mass is 16.6. The number of nitrogen functional groups attached to an aromatic ring is 1. The largest absolute Gasteiger partial charge is 0.388 e. The molecule has 11 nitrogen and oxygen atoms in total. The van der Waals surface area contributed by atoms with Gasteiger partial charge in [-0.25, -0.2) is 4.98 Å². The van der Waals surface area contributed by atoms with Crippen molar-refractivity contribution < 1.29 is 19.7 Å². The molecular formula is C15H22N6O5. The van der Waals surface area contributed by atoms with Crippen molar-refractivity contribution in [2.24, 2.45) is 0 Å². The van der Waals surface area contributed by atoms with Gasteiger partial charge in [-0.05, 0) is 6.42 Å². The highest BCUT2D eigenvalue weighted by Crippen LogP contribution is 2.32. The van der Waals surface area contributed by atoms with Gasteiger partial charge in [0.2, 0.25) is 11.9 Å². The van der Waals surface area contributed by atoms with E-state index in [9.17, 15) is 19.8 Å². The van der Waals surface area contributed by atoms with Gasteiger partial charge < -0.3 is 26.0 Å². The number of hydrogen-bond acceptors (Lipinski definition) is 8. The van der Waals surface area contributed by atoms with Gasteiger partial charge in [0, 0.05) is 6.54 Å². The summed E-state index contributed by atoms with van der Waals surface area (Å²) < 4.78 is 6.99. The Balaban J connectivity index is 1.78. The summed E-state index contributed by atoms with van der Waals surface area (Å²) in [5.41, 5.74) is 5.18. The summed E-state index contributed by atoms with van der Waals surface area (Å²) in [6.45, 7) is 2.56. The minimum Gasteiger partial charge on any atom is -0.388 e. The van der Waals surface area contributed by atoms with Gasteiger partial charge in [0.15, 0.2) is 17.4 Å². The zero-order valence-corrected chi connectivity index (χ0v) is 14.3. The summed E-state index contributed by atoms with van der Waals surface area (Å²) in [5.74, 6) is -0.381. The Labute approximate surface area is 148 Å². The molecule has 0 unspecified atom stereocenters. The second-order valence-corrected chi connectivity index (χ2v) is 6.23. The van der Waals surface area contributed by atoms with E-state index in [1.165, 1.54) is 10.9 Å². The Morgan fingerprint density at radius 3 is 2.96 bits per heavy atom. The minimum absolute atomic E-state index is 0.0326. The van der Waals surface area contributed by atoms with E-state index in [2.05, 4.69) is 20.3 Å². The average Bonchev–Trinajstić information content (AvgIpc) is 3.11. The number of nitrogens with zero attached hydrogens (tertiary/aromatic N) is 3. The third-order valence-electron chi connectivity index (χ3n) is 4.30. The number of aromatic amines is 1. The highest BCUT2D eigenvalue weighted by molar-refractivity contribution is 5.76. The topological polar surface area (TPSA) is 168 Å². The number of amides is 1. The Hall–Kier alpha value is -2.50. The molecule has 1 aliphatic rings. The molecule has 1 aliphatic heterocycles. The normalized spacial score (nSPS) is 25.7. The monoisotopic (exact) mass is 366 g/mol. The van der Waals surface area contributed by atoms with Crippen molar-refractivity contribution in [2.45, 2.75) is 50.7 Å². The molecule has 1 saturated heterocycles. The molecule has 1 fully saturated rings. The first kappa shape index (κ1) is 18.3. The van der Waals surface area contributed by atoms with Crippen molar-refractivity contribution >= 4 is 23.0 Å². The van der Waals surface area contributed by atoms with Gasteiger partial charge in [0.05, 0.1) is 18.9 Å². The van der Waals surface area contributed by atoms with Crippen LogP contribution in [0.3, 0.4) is 0 Å². The number of aliphatic hydroxyl groups is 2. The van der Waals surface area contributed by atoms with E-state index < -0.39 is 30.1 Å². The van der Waals surface area contributed by atoms with Crippen LogP contribution < -0.4 is 16.6 Å². The number of carbonyl (C=O) groups excluding carboxylic acids is 1. The van der Waals surface area contributed by atoms with Gasteiger partial charge in [-0.15, -0.1) is 0 Å². The van der Waals surface area contributed by atoms with Crippen LogP contribution >= 0.6 is 0 Å². The Morgan fingerprint density at radius 2 is 2.23 bits per heavy atom. The second kappa shape index (κ2) is 7.40. The van der Waals surface area contributed by atoms with Crippen LogP contribution in [0.15, 0.2) is 11.1 Å². The number of fused-ring (bicyclic) bond motifs is 1. The summed E-state index contributed by atoms with van der Waals surface area (Å²) in [6.07, 6.45) is -1.54. The number of nitrogens with two attached hydrogens (primary N) is 1. The zero-order chi connectivity index (χ0) is 18.8. The fourth-order valence-corrected chi connectivity index (χ4v) is 2.92. The first-order valence-corrected chi connectivity index (χ1v) is 8.43. The smallest absolute Gasteiger partial charge is 0.280 e. The number of nitrogens with one attached hydrogen (secondary N) is 2. The number of H-pyrrole nitrogens is 1. The zero-order valence-electron chi connectivity index (χ0n) is 14.3. The molecule has 0 saturated carbocycles. The first-order chi connectivity index (χ1) is 12.4. The van der Waals surface area contributed by atoms with Crippen LogP contribution in [0.2, 0.25) is 0 Å². The molecule has 6 N–H and O–H groups in total. The Bertz CT molecular complexity index is 849. The van der Waals surface area contributed by atoms with E-state index in [-0.39, 0.29) is 29.4 Å². The van der Waals surface area contributed by atoms with E-state index in [4.69, 9.17) is 10.5 Å². The predicted molar refractivity (Wildman–Crippen MR) is 91.0 cm³/mol. The molecule has 0 spiro atoms. The highest BCUT2D eigenvalue weighted by Gasteiger charge is 2.45. The van der Waals surface area contributed by atoms with E-state index in [0.717, 1.165) is 12.8 Å². The number of ether oxygens (including phenoxy) is 1. The number of unbranched alkanes of at least 4 members (excludes halogenated alkanes) is 1. The van der Waals surface area contributed by atoms with Crippen LogP contribution in [-0.2, 0) is 9.53 Å². The fourth-order valence-electron chi connectivity index (χ4n) is 2.92. The van der Waals surface area contributed by atoms with Crippen molar-refractivity contribution in [3.8, 4) is 0 Å². The third kappa shape index (κ3) is 3.41. The number of aromatic nitrogens is 4. The molecule has 1 amide bonds. The maximum absolute atomic E-state index is 11.9. The molecular weight excluding hydrogens is 344 g/mol. The van der Waals surface area contributed by atoms with Gasteiger partial charge in [-0.1, -0.05) is 13.3 Å². The van der Waals surface area contributed by atoms with Crippen LogP contribution in [0, 0.1) is 0 Å². The molecule has 142 valence electrons. The lowest BCUT2D eigenvalue weighted by Crippen LogP contribution is -2.35. The van der Waals surface area contributed by atoms with Crippen LogP contribution in [0.4, 0.5) is 5.95 Å². The van der Waals surface area contributed by atoms with Crippen molar-refractivity contribution in [3.63, 3.8) is 0 Å². The van der Waals surface area contributed by atoms with E-state index in [0.29, 0.717) is 6.54 Å². The van der Waals surface area contributed by atoms with Crippen molar-refractivity contribution in [2.75, 3.05) is 12.3 Å². The number of rotatable bonds is 6. The lowest BCUT2D eigenvalue weighted by atomic mass is 10.1. The van der Waals surface area contributed by atoms with Crippen molar-refractivity contribution in [1.29, 1.82) is 0 Å². The summed E-state index contributed by atoms with van der Waals surface area (Å²) in [6, 6.07) is 0. The lowest BCUT2D eigenvalue weighted by Gasteiger charge is -2.16. The van der Waals surface area contributed by atoms with E-state index in [1.54, 1.807) is 0 Å². The molecule has 2 aromatic rings. The van der Waals surface area contributed by atoms with Gasteiger partial charge in [-0.3, -0.25) is 19.1 Å². The number of aliphatic hydroxyl groups excluding tert-OH is 2. The third-order valence-corrected chi connectivity index (χ3v) is 4.30. The quantitative estimate of drug-likeness (QED) is 0.390. The van der Waals surface area contributed by atoms with Crippen LogP contribution in [-0.4, -0.2) is 60.5 Å². The molecule has 0 aromatic carbocycles. The maximum Gasteiger partial charge on any atom is 0.280 e. The second-order valence-electron chi connectivity index (χ2n) is 6.23. The van der Waals surface area contributed by atoms with Gasteiger partial charge >= 0.3 is 0 Å². The Kier molecular flexibility index (Phi) is 5.20. The molecule has 3 heterocycles. The molecule has 11 heteroatoms. The molecule has 4 atom stereocenters. The minimum atomic E-state index is -1.32. The molecule has 0 aliphatic carbocycles. The first-order valence-electron chi connectivity index (χ1n) is 8.43. The SMILES string of the molecule is CCCCNC(=O)C[C@H]1O[C@@H](n2cnc3c(=O)[nH]c(N)nc32)[C@H](O)[C@@H]1O. The summed E-state index contributed by atoms with van der Waals surface area (Å²) in [5, 5.41) is 23.3. The standard InChI is InChI=1S/C15H22N6O5/c1-2-3-4-17-8(22)5-7-10(23)11(24)14(26-7)21-6-18-9-12(21)19-15(16)20-13(9)25/h6-7,10-11,14,23-24H,2-5H2,1H3,(H,17,22)(H3,16,19,20,25)/t7-,10-,11-,14-/m1/s1.